The van der Waals surface area contributed by atoms with E-state index in [1.54, 1.807) is 18.2 Å². The molecular formula is C24H34N2O4. The number of amides is 1. The van der Waals surface area contributed by atoms with Crippen LogP contribution in [-0.2, 0) is 11.2 Å². The normalized spacial score (nSPS) is 13.2. The number of carbonyl (C=O) groups excluding carboxylic acids is 1. The van der Waals surface area contributed by atoms with Crippen LogP contribution in [0.5, 0.6) is 5.75 Å². The van der Waals surface area contributed by atoms with Crippen LogP contribution in [-0.4, -0.2) is 42.9 Å². The summed E-state index contributed by atoms with van der Waals surface area (Å²) in [5, 5.41) is 13.9. The molecule has 4 N–H and O–H groups in total. The van der Waals surface area contributed by atoms with Crippen molar-refractivity contribution in [1.29, 1.82) is 0 Å². The molecule has 1 amide bonds. The summed E-state index contributed by atoms with van der Waals surface area (Å²) in [6, 6.07) is 15.6. The molecule has 0 heterocycles. The predicted octanol–water partition coefficient (Wildman–Crippen LogP) is 3.23. The molecular weight excluding hydrogens is 380 g/mol. The molecule has 6 nitrogen and oxygen atoms in total. The first kappa shape index (κ1) is 23.9. The van der Waals surface area contributed by atoms with E-state index < -0.39 is 12.0 Å². The number of aliphatic hydroxyl groups excluding tert-OH is 1. The highest BCUT2D eigenvalue weighted by Gasteiger charge is 2.16. The van der Waals surface area contributed by atoms with Crippen LogP contribution in [0.4, 0.5) is 0 Å². The van der Waals surface area contributed by atoms with Crippen molar-refractivity contribution >= 4 is 5.91 Å². The molecule has 0 spiro atoms. The number of aliphatic hydroxyl groups is 1. The summed E-state index contributed by atoms with van der Waals surface area (Å²) in [5.41, 5.74) is 7.68. The van der Waals surface area contributed by atoms with Crippen molar-refractivity contribution in [3.8, 4) is 5.75 Å². The van der Waals surface area contributed by atoms with Crippen LogP contribution in [0.25, 0.3) is 0 Å². The monoisotopic (exact) mass is 414 g/mol. The molecule has 0 aliphatic heterocycles. The van der Waals surface area contributed by atoms with E-state index in [2.05, 4.69) is 24.4 Å². The van der Waals surface area contributed by atoms with E-state index in [0.29, 0.717) is 31.1 Å². The molecule has 0 saturated carbocycles. The Labute approximate surface area is 179 Å². The largest absolute Gasteiger partial charge is 0.490 e. The standard InChI is InChI=1S/C24H34N2O4/c1-17(2)29-13-14-30-23-12-11-20(15-21(23)24(25)28)22(27)16-26-18(3)9-10-19-7-5-4-6-8-19/h4-8,11-12,15,17-18,22,26-27H,9-10,13-14,16H2,1-3H3,(H2,25,28). The van der Waals surface area contributed by atoms with Crippen LogP contribution in [0.2, 0.25) is 0 Å². The Morgan fingerprint density at radius 3 is 2.50 bits per heavy atom. The molecule has 2 rings (SSSR count). The fourth-order valence-electron chi connectivity index (χ4n) is 3.07. The van der Waals surface area contributed by atoms with Gasteiger partial charge in [0, 0.05) is 12.6 Å². The molecule has 0 aliphatic carbocycles. The number of benzene rings is 2. The molecule has 30 heavy (non-hydrogen) atoms. The van der Waals surface area contributed by atoms with Gasteiger partial charge >= 0.3 is 0 Å². The number of rotatable bonds is 13. The second-order valence-corrected chi connectivity index (χ2v) is 7.74. The van der Waals surface area contributed by atoms with Crippen LogP contribution in [0.1, 0.15) is 54.8 Å². The molecule has 6 heteroatoms. The molecule has 164 valence electrons. The second-order valence-electron chi connectivity index (χ2n) is 7.74. The number of aryl methyl sites for hydroxylation is 1. The van der Waals surface area contributed by atoms with Crippen LogP contribution in [0.3, 0.4) is 0 Å². The average Bonchev–Trinajstić information content (AvgIpc) is 2.74. The van der Waals surface area contributed by atoms with E-state index in [0.717, 1.165) is 12.8 Å². The molecule has 2 unspecified atom stereocenters. The minimum absolute atomic E-state index is 0.115. The van der Waals surface area contributed by atoms with Gasteiger partial charge in [-0.25, -0.2) is 0 Å². The van der Waals surface area contributed by atoms with Gasteiger partial charge in [0.05, 0.1) is 24.4 Å². The predicted molar refractivity (Wildman–Crippen MR) is 119 cm³/mol. The van der Waals surface area contributed by atoms with Crippen molar-refractivity contribution in [2.75, 3.05) is 19.8 Å². The van der Waals surface area contributed by atoms with Crippen molar-refractivity contribution in [3.63, 3.8) is 0 Å². The Morgan fingerprint density at radius 2 is 1.83 bits per heavy atom. The average molecular weight is 415 g/mol. The Balaban J connectivity index is 1.87. The van der Waals surface area contributed by atoms with E-state index in [-0.39, 0.29) is 17.7 Å². The Morgan fingerprint density at radius 1 is 1.10 bits per heavy atom. The van der Waals surface area contributed by atoms with Gasteiger partial charge in [-0.2, -0.15) is 0 Å². The number of hydrogen-bond acceptors (Lipinski definition) is 5. The summed E-state index contributed by atoms with van der Waals surface area (Å²) >= 11 is 0. The molecule has 2 atom stereocenters. The third-order valence-electron chi connectivity index (χ3n) is 4.81. The van der Waals surface area contributed by atoms with Crippen molar-refractivity contribution in [3.05, 3.63) is 65.2 Å². The maximum Gasteiger partial charge on any atom is 0.252 e. The first-order valence-electron chi connectivity index (χ1n) is 10.5. The highest BCUT2D eigenvalue weighted by molar-refractivity contribution is 5.95. The molecule has 0 radical (unpaired) electrons. The SMILES string of the molecule is CC(CCc1ccccc1)NCC(O)c1ccc(OCCOC(C)C)c(C(N)=O)c1. The number of nitrogens with two attached hydrogens (primary N) is 1. The summed E-state index contributed by atoms with van der Waals surface area (Å²) in [5.74, 6) is -0.192. The minimum Gasteiger partial charge on any atom is -0.490 e. The van der Waals surface area contributed by atoms with Gasteiger partial charge in [-0.15, -0.1) is 0 Å². The lowest BCUT2D eigenvalue weighted by Gasteiger charge is -2.19. The molecule has 0 aromatic heterocycles. The molecule has 2 aromatic carbocycles. The van der Waals surface area contributed by atoms with Gasteiger partial charge in [-0.1, -0.05) is 36.4 Å². The van der Waals surface area contributed by atoms with Crippen molar-refractivity contribution in [2.24, 2.45) is 5.73 Å². The third-order valence-corrected chi connectivity index (χ3v) is 4.81. The van der Waals surface area contributed by atoms with Crippen LogP contribution < -0.4 is 15.8 Å². The second kappa shape index (κ2) is 12.3. The topological polar surface area (TPSA) is 93.8 Å². The van der Waals surface area contributed by atoms with Gasteiger partial charge in [0.25, 0.3) is 5.91 Å². The molecule has 0 saturated heterocycles. The molecule has 2 aromatic rings. The Kier molecular flexibility index (Phi) is 9.80. The zero-order valence-electron chi connectivity index (χ0n) is 18.1. The number of carbonyl (C=O) groups is 1. The van der Waals surface area contributed by atoms with E-state index in [9.17, 15) is 9.90 Å². The van der Waals surface area contributed by atoms with Crippen LogP contribution >= 0.6 is 0 Å². The molecule has 0 bridgehead atoms. The maximum atomic E-state index is 11.8. The van der Waals surface area contributed by atoms with Crippen molar-refractivity contribution in [1.82, 2.24) is 5.32 Å². The molecule has 0 aliphatic rings. The summed E-state index contributed by atoms with van der Waals surface area (Å²) < 4.78 is 11.1. The number of ether oxygens (including phenoxy) is 2. The zero-order valence-corrected chi connectivity index (χ0v) is 18.1. The van der Waals surface area contributed by atoms with Crippen molar-refractivity contribution in [2.45, 2.75) is 51.9 Å². The lowest BCUT2D eigenvalue weighted by molar-refractivity contribution is 0.0549. The number of nitrogens with one attached hydrogen (secondary N) is 1. The summed E-state index contributed by atoms with van der Waals surface area (Å²) in [6.45, 7) is 7.12. The van der Waals surface area contributed by atoms with Gasteiger partial charge < -0.3 is 25.6 Å². The van der Waals surface area contributed by atoms with Crippen LogP contribution in [0.15, 0.2) is 48.5 Å². The summed E-state index contributed by atoms with van der Waals surface area (Å²) in [7, 11) is 0. The summed E-state index contributed by atoms with van der Waals surface area (Å²) in [6.07, 6.45) is 1.31. The fraction of sp³-hybridized carbons (Fsp3) is 0.458. The highest BCUT2D eigenvalue weighted by Crippen LogP contribution is 2.23. The summed E-state index contributed by atoms with van der Waals surface area (Å²) in [4.78, 5) is 11.8. The van der Waals surface area contributed by atoms with E-state index >= 15 is 0 Å². The Bertz CT molecular complexity index is 780. The minimum atomic E-state index is -0.749. The van der Waals surface area contributed by atoms with Gasteiger partial charge in [0.15, 0.2) is 0 Å². The number of primary amides is 1. The van der Waals surface area contributed by atoms with Gasteiger partial charge in [-0.3, -0.25) is 4.79 Å². The third kappa shape index (κ3) is 8.14. The zero-order chi connectivity index (χ0) is 21.9. The van der Waals surface area contributed by atoms with Gasteiger partial charge in [0.1, 0.15) is 12.4 Å². The van der Waals surface area contributed by atoms with Gasteiger partial charge in [-0.05, 0) is 56.9 Å². The lowest BCUT2D eigenvalue weighted by Crippen LogP contribution is -2.31. The number of hydrogen-bond donors (Lipinski definition) is 3. The maximum absolute atomic E-state index is 11.8. The highest BCUT2D eigenvalue weighted by atomic mass is 16.5. The van der Waals surface area contributed by atoms with E-state index in [1.807, 2.05) is 32.0 Å². The van der Waals surface area contributed by atoms with Crippen LogP contribution in [0, 0.1) is 0 Å². The lowest BCUT2D eigenvalue weighted by atomic mass is 10.0. The fourth-order valence-corrected chi connectivity index (χ4v) is 3.07. The quantitative estimate of drug-likeness (QED) is 0.438. The smallest absolute Gasteiger partial charge is 0.252 e. The first-order valence-corrected chi connectivity index (χ1v) is 10.5. The van der Waals surface area contributed by atoms with Gasteiger partial charge in [0.2, 0.25) is 0 Å². The van der Waals surface area contributed by atoms with Crippen molar-refractivity contribution < 1.29 is 19.4 Å². The Hall–Kier alpha value is -2.41. The molecule has 0 fully saturated rings. The van der Waals surface area contributed by atoms with E-state index in [1.165, 1.54) is 5.56 Å². The van der Waals surface area contributed by atoms with E-state index in [4.69, 9.17) is 15.2 Å². The first-order chi connectivity index (χ1) is 14.4.